The van der Waals surface area contributed by atoms with Crippen molar-refractivity contribution in [2.75, 3.05) is 6.54 Å². The van der Waals surface area contributed by atoms with E-state index in [-0.39, 0.29) is 18.0 Å². The van der Waals surface area contributed by atoms with Crippen LogP contribution < -0.4 is 4.72 Å². The molecule has 2 heterocycles. The number of hydrogen-bond acceptors (Lipinski definition) is 4. The Bertz CT molecular complexity index is 659. The number of nitrogens with one attached hydrogen (secondary N) is 1. The zero-order valence-corrected chi connectivity index (χ0v) is 12.7. The smallest absolute Gasteiger partial charge is 0.242 e. The first-order valence-electron chi connectivity index (χ1n) is 6.76. The Hall–Kier alpha value is -1.70. The summed E-state index contributed by atoms with van der Waals surface area (Å²) >= 11 is 0. The number of pyridine rings is 1. The predicted molar refractivity (Wildman–Crippen MR) is 79.2 cm³/mol. The van der Waals surface area contributed by atoms with E-state index in [2.05, 4.69) is 9.71 Å². The zero-order chi connectivity index (χ0) is 15.3. The van der Waals surface area contributed by atoms with E-state index in [1.54, 1.807) is 10.8 Å². The first kappa shape index (κ1) is 15.7. The standard InChI is InChI=1S/C14H19N3O3S/c1-2-17-10-14(9-13(17)11-18)21(19,20)16-8-6-12-5-3-4-7-15-12/h3-5,7,9-10,16,18H,2,6,8,11H2,1H3. The van der Waals surface area contributed by atoms with E-state index in [1.165, 1.54) is 12.3 Å². The third kappa shape index (κ3) is 3.90. The molecule has 0 aliphatic carbocycles. The fourth-order valence-corrected chi connectivity index (χ4v) is 3.14. The first-order chi connectivity index (χ1) is 10.1. The quantitative estimate of drug-likeness (QED) is 0.796. The molecule has 2 N–H and O–H groups in total. The van der Waals surface area contributed by atoms with Gasteiger partial charge in [0.1, 0.15) is 0 Å². The fraction of sp³-hybridized carbons (Fsp3) is 0.357. The lowest BCUT2D eigenvalue weighted by atomic mass is 10.3. The van der Waals surface area contributed by atoms with Crippen molar-refractivity contribution in [3.05, 3.63) is 48.0 Å². The lowest BCUT2D eigenvalue weighted by Gasteiger charge is -2.04. The van der Waals surface area contributed by atoms with Crippen molar-refractivity contribution in [2.24, 2.45) is 0 Å². The van der Waals surface area contributed by atoms with Gasteiger partial charge in [0.2, 0.25) is 10.0 Å². The van der Waals surface area contributed by atoms with Crippen molar-refractivity contribution < 1.29 is 13.5 Å². The van der Waals surface area contributed by atoms with Crippen molar-refractivity contribution in [1.29, 1.82) is 0 Å². The Morgan fingerprint density at radius 1 is 1.38 bits per heavy atom. The second kappa shape index (κ2) is 6.84. The molecule has 2 aromatic rings. The van der Waals surface area contributed by atoms with E-state index in [1.807, 2.05) is 25.1 Å². The zero-order valence-electron chi connectivity index (χ0n) is 11.9. The molecule has 0 fully saturated rings. The van der Waals surface area contributed by atoms with Crippen LogP contribution in [0.4, 0.5) is 0 Å². The van der Waals surface area contributed by atoms with Crippen molar-refractivity contribution >= 4 is 10.0 Å². The lowest BCUT2D eigenvalue weighted by Crippen LogP contribution is -2.25. The number of sulfonamides is 1. The maximum Gasteiger partial charge on any atom is 0.242 e. The van der Waals surface area contributed by atoms with Gasteiger partial charge in [0.25, 0.3) is 0 Å². The number of rotatable bonds is 7. The molecule has 2 rings (SSSR count). The summed E-state index contributed by atoms with van der Waals surface area (Å²) in [5.74, 6) is 0. The van der Waals surface area contributed by atoms with Gasteiger partial charge in [-0.3, -0.25) is 4.98 Å². The average Bonchev–Trinajstić information content (AvgIpc) is 2.92. The Balaban J connectivity index is 2.03. The molecular weight excluding hydrogens is 290 g/mol. The van der Waals surface area contributed by atoms with Crippen LogP contribution in [0.1, 0.15) is 18.3 Å². The minimum Gasteiger partial charge on any atom is -0.390 e. The van der Waals surface area contributed by atoms with Gasteiger partial charge in [-0.05, 0) is 25.1 Å². The molecule has 0 bridgehead atoms. The summed E-state index contributed by atoms with van der Waals surface area (Å²) < 4.78 is 28.7. The van der Waals surface area contributed by atoms with Crippen LogP contribution in [0.5, 0.6) is 0 Å². The summed E-state index contributed by atoms with van der Waals surface area (Å²) in [6, 6.07) is 7.03. The molecule has 0 unspecified atom stereocenters. The number of aryl methyl sites for hydroxylation is 1. The van der Waals surface area contributed by atoms with Gasteiger partial charge in [0, 0.05) is 43.3 Å². The third-order valence-corrected chi connectivity index (χ3v) is 4.60. The maximum atomic E-state index is 12.2. The van der Waals surface area contributed by atoms with Gasteiger partial charge in [0.15, 0.2) is 0 Å². The monoisotopic (exact) mass is 309 g/mol. The summed E-state index contributed by atoms with van der Waals surface area (Å²) in [5, 5.41) is 9.21. The third-order valence-electron chi connectivity index (χ3n) is 3.17. The Labute approximate surface area is 124 Å². The molecule has 0 radical (unpaired) electrons. The molecule has 0 aliphatic heterocycles. The van der Waals surface area contributed by atoms with E-state index in [0.29, 0.717) is 18.7 Å². The highest BCUT2D eigenvalue weighted by Crippen LogP contribution is 2.14. The van der Waals surface area contributed by atoms with Gasteiger partial charge >= 0.3 is 0 Å². The van der Waals surface area contributed by atoms with Crippen LogP contribution in [0, 0.1) is 0 Å². The SMILES string of the molecule is CCn1cc(S(=O)(=O)NCCc2ccccn2)cc1CO. The van der Waals surface area contributed by atoms with Crippen LogP contribution in [-0.2, 0) is 29.6 Å². The minimum absolute atomic E-state index is 0.175. The van der Waals surface area contributed by atoms with E-state index in [4.69, 9.17) is 0 Å². The van der Waals surface area contributed by atoms with E-state index in [0.717, 1.165) is 5.69 Å². The number of aliphatic hydroxyl groups excluding tert-OH is 1. The van der Waals surface area contributed by atoms with E-state index in [9.17, 15) is 13.5 Å². The summed E-state index contributed by atoms with van der Waals surface area (Å²) in [4.78, 5) is 4.32. The molecule has 0 saturated carbocycles. The van der Waals surface area contributed by atoms with Crippen LogP contribution >= 0.6 is 0 Å². The number of aliphatic hydroxyl groups is 1. The molecule has 0 atom stereocenters. The van der Waals surface area contributed by atoms with Crippen LogP contribution in [-0.4, -0.2) is 29.6 Å². The second-order valence-corrected chi connectivity index (χ2v) is 6.35. The van der Waals surface area contributed by atoms with Gasteiger partial charge in [-0.1, -0.05) is 6.07 Å². The topological polar surface area (TPSA) is 84.2 Å². The molecule has 0 amide bonds. The summed E-state index contributed by atoms with van der Waals surface area (Å²) in [6.07, 6.45) is 3.74. The van der Waals surface area contributed by atoms with Gasteiger partial charge in [-0.2, -0.15) is 0 Å². The normalized spacial score (nSPS) is 11.7. The van der Waals surface area contributed by atoms with Crippen molar-refractivity contribution in [1.82, 2.24) is 14.3 Å². The molecule has 7 heteroatoms. The summed E-state index contributed by atoms with van der Waals surface area (Å²) in [5.41, 5.74) is 1.42. The van der Waals surface area contributed by atoms with Crippen molar-refractivity contribution in [2.45, 2.75) is 31.4 Å². The number of nitrogens with zero attached hydrogens (tertiary/aromatic N) is 2. The molecule has 21 heavy (non-hydrogen) atoms. The minimum atomic E-state index is -3.56. The largest absolute Gasteiger partial charge is 0.390 e. The number of aromatic nitrogens is 2. The van der Waals surface area contributed by atoms with Gasteiger partial charge in [-0.15, -0.1) is 0 Å². The Morgan fingerprint density at radius 2 is 2.19 bits per heavy atom. The van der Waals surface area contributed by atoms with Crippen molar-refractivity contribution in [3.63, 3.8) is 0 Å². The van der Waals surface area contributed by atoms with Crippen LogP contribution in [0.2, 0.25) is 0 Å². The van der Waals surface area contributed by atoms with Crippen molar-refractivity contribution in [3.8, 4) is 0 Å². The molecule has 0 aromatic carbocycles. The van der Waals surface area contributed by atoms with Crippen LogP contribution in [0.25, 0.3) is 0 Å². The van der Waals surface area contributed by atoms with Gasteiger partial charge in [0.05, 0.1) is 11.5 Å². The lowest BCUT2D eigenvalue weighted by molar-refractivity contribution is 0.271. The van der Waals surface area contributed by atoms with Crippen LogP contribution in [0.15, 0.2) is 41.6 Å². The molecule has 2 aromatic heterocycles. The number of hydrogen-bond donors (Lipinski definition) is 2. The second-order valence-electron chi connectivity index (χ2n) is 4.58. The highest BCUT2D eigenvalue weighted by Gasteiger charge is 2.17. The Morgan fingerprint density at radius 3 is 2.76 bits per heavy atom. The van der Waals surface area contributed by atoms with E-state index < -0.39 is 10.0 Å². The van der Waals surface area contributed by atoms with Gasteiger partial charge < -0.3 is 9.67 Å². The van der Waals surface area contributed by atoms with Gasteiger partial charge in [-0.25, -0.2) is 13.1 Å². The summed E-state index contributed by atoms with van der Waals surface area (Å²) in [7, 11) is -3.56. The van der Waals surface area contributed by atoms with E-state index >= 15 is 0 Å². The fourth-order valence-electron chi connectivity index (χ4n) is 2.04. The molecule has 0 saturated heterocycles. The molecule has 0 spiro atoms. The summed E-state index contributed by atoms with van der Waals surface area (Å²) in [6.45, 7) is 2.60. The van der Waals surface area contributed by atoms with Crippen LogP contribution in [0.3, 0.4) is 0 Å². The Kier molecular flexibility index (Phi) is 5.11. The maximum absolute atomic E-state index is 12.2. The first-order valence-corrected chi connectivity index (χ1v) is 8.24. The average molecular weight is 309 g/mol. The predicted octanol–water partition coefficient (Wildman–Crippen LogP) is 0.916. The molecule has 0 aliphatic rings. The molecule has 6 nitrogen and oxygen atoms in total. The highest BCUT2D eigenvalue weighted by atomic mass is 32.2. The molecular formula is C14H19N3O3S. The molecule has 114 valence electrons. The highest BCUT2D eigenvalue weighted by molar-refractivity contribution is 7.89.